The van der Waals surface area contributed by atoms with Crippen LogP contribution in [0.1, 0.15) is 25.0 Å². The van der Waals surface area contributed by atoms with Crippen LogP contribution in [0.2, 0.25) is 0 Å². The minimum Gasteiger partial charge on any atom is -0.326 e. The highest BCUT2D eigenvalue weighted by Crippen LogP contribution is 2.38. The summed E-state index contributed by atoms with van der Waals surface area (Å²) in [6.07, 6.45) is 0.363. The highest BCUT2D eigenvalue weighted by atomic mass is 32.2. The van der Waals surface area contributed by atoms with Gasteiger partial charge in [-0.2, -0.15) is 0 Å². The van der Waals surface area contributed by atoms with E-state index in [2.05, 4.69) is 5.32 Å². The minimum atomic E-state index is -3.94. The molecule has 1 unspecified atom stereocenters. The van der Waals surface area contributed by atoms with E-state index < -0.39 is 26.1 Å². The molecule has 0 fully saturated rings. The second-order valence-corrected chi connectivity index (χ2v) is 10.2. The predicted octanol–water partition coefficient (Wildman–Crippen LogP) is 1.74. The van der Waals surface area contributed by atoms with E-state index in [1.807, 2.05) is 0 Å². The molecule has 0 bridgehead atoms. The molecule has 3 N–H and O–H groups in total. The Bertz CT molecular complexity index is 1170. The van der Waals surface area contributed by atoms with Gasteiger partial charge in [-0.1, -0.05) is 6.07 Å². The number of primary sulfonamides is 1. The number of aryl methyl sites for hydroxylation is 1. The molecule has 3 rings (SSSR count). The summed E-state index contributed by atoms with van der Waals surface area (Å²) in [5.74, 6) is -0.303. The number of carbonyl (C=O) groups excluding carboxylic acids is 1. The van der Waals surface area contributed by atoms with E-state index in [-0.39, 0.29) is 15.7 Å². The Morgan fingerprint density at radius 1 is 1.14 bits per heavy atom. The molecule has 0 aromatic heterocycles. The van der Waals surface area contributed by atoms with Crippen LogP contribution in [-0.4, -0.2) is 28.8 Å². The summed E-state index contributed by atoms with van der Waals surface area (Å²) in [6.45, 7) is 4.77. The van der Waals surface area contributed by atoms with E-state index in [1.165, 1.54) is 35.5 Å². The number of amides is 1. The molecule has 0 saturated carbocycles. The van der Waals surface area contributed by atoms with Gasteiger partial charge in [0.1, 0.15) is 0 Å². The zero-order valence-corrected chi connectivity index (χ0v) is 17.3. The molecule has 28 heavy (non-hydrogen) atoms. The Morgan fingerprint density at radius 3 is 2.43 bits per heavy atom. The van der Waals surface area contributed by atoms with Gasteiger partial charge in [0.05, 0.1) is 15.5 Å². The fraction of sp³-hybridized carbons (Fsp3) is 0.278. The Balaban J connectivity index is 2.11. The highest BCUT2D eigenvalue weighted by Gasteiger charge is 2.37. The average Bonchev–Trinajstić information content (AvgIpc) is 2.90. The summed E-state index contributed by atoms with van der Waals surface area (Å²) in [7, 11) is -7.82. The summed E-state index contributed by atoms with van der Waals surface area (Å²) in [6, 6.07) is 8.46. The molecule has 10 heteroatoms. The molecule has 8 nitrogen and oxygen atoms in total. The normalized spacial score (nSPS) is 16.7. The molecule has 0 saturated heterocycles. The number of hydrogen-bond acceptors (Lipinski definition) is 5. The van der Waals surface area contributed by atoms with Crippen LogP contribution in [-0.2, 0) is 31.3 Å². The smallest absolute Gasteiger partial charge is 0.264 e. The molecule has 150 valence electrons. The van der Waals surface area contributed by atoms with E-state index in [0.717, 1.165) is 0 Å². The molecule has 1 aliphatic rings. The lowest BCUT2D eigenvalue weighted by Gasteiger charge is -2.25. The summed E-state index contributed by atoms with van der Waals surface area (Å²) in [5.41, 5.74) is 1.94. The van der Waals surface area contributed by atoms with Crippen molar-refractivity contribution in [1.82, 2.24) is 0 Å². The van der Waals surface area contributed by atoms with Gasteiger partial charge in [-0.3, -0.25) is 9.10 Å². The molecule has 2 aromatic carbocycles. The predicted molar refractivity (Wildman–Crippen MR) is 106 cm³/mol. The number of sulfonamides is 2. The SMILES string of the molecule is CC(=O)Nc1ccc(C)c(S(=O)(=O)N2c3ccc(S(N)(=O)=O)cc3CC2C)c1. The van der Waals surface area contributed by atoms with Gasteiger partial charge >= 0.3 is 0 Å². The maximum absolute atomic E-state index is 13.4. The van der Waals surface area contributed by atoms with E-state index in [1.54, 1.807) is 26.0 Å². The van der Waals surface area contributed by atoms with Gasteiger partial charge in [0.2, 0.25) is 15.9 Å². The third kappa shape index (κ3) is 3.62. The van der Waals surface area contributed by atoms with Gasteiger partial charge < -0.3 is 5.32 Å². The van der Waals surface area contributed by atoms with Crippen molar-refractivity contribution in [3.63, 3.8) is 0 Å². The lowest BCUT2D eigenvalue weighted by molar-refractivity contribution is -0.114. The van der Waals surface area contributed by atoms with Gasteiger partial charge in [0.25, 0.3) is 10.0 Å². The van der Waals surface area contributed by atoms with E-state index in [9.17, 15) is 21.6 Å². The van der Waals surface area contributed by atoms with Crippen molar-refractivity contribution < 1.29 is 21.6 Å². The molecule has 1 atom stereocenters. The molecule has 1 amide bonds. The number of nitrogens with two attached hydrogens (primary N) is 1. The Kier molecular flexibility index (Phi) is 4.98. The standard InChI is InChI=1S/C18H21N3O5S2/c1-11-4-5-15(20-13(3)22)10-18(11)28(25,26)21-12(2)8-14-9-16(27(19,23)24)6-7-17(14)21/h4-7,9-10,12H,8H2,1-3H3,(H,20,22)(H2,19,23,24). The summed E-state index contributed by atoms with van der Waals surface area (Å²) >= 11 is 0. The largest absolute Gasteiger partial charge is 0.326 e. The summed E-state index contributed by atoms with van der Waals surface area (Å²) in [5, 5.41) is 7.77. The fourth-order valence-electron chi connectivity index (χ4n) is 3.39. The number of carbonyl (C=O) groups is 1. The number of nitrogens with zero attached hydrogens (tertiary/aromatic N) is 1. The minimum absolute atomic E-state index is 0.0541. The number of nitrogens with one attached hydrogen (secondary N) is 1. The zero-order valence-electron chi connectivity index (χ0n) is 15.6. The molecule has 0 aliphatic carbocycles. The topological polar surface area (TPSA) is 127 Å². The second-order valence-electron chi connectivity index (χ2n) is 6.85. The summed E-state index contributed by atoms with van der Waals surface area (Å²) in [4.78, 5) is 11.3. The maximum Gasteiger partial charge on any atom is 0.264 e. The van der Waals surface area contributed by atoms with Crippen molar-refractivity contribution in [3.05, 3.63) is 47.5 Å². The third-order valence-electron chi connectivity index (χ3n) is 4.58. The van der Waals surface area contributed by atoms with Gasteiger partial charge in [0.15, 0.2) is 0 Å². The lowest BCUT2D eigenvalue weighted by atomic mass is 10.1. The van der Waals surface area contributed by atoms with Gasteiger partial charge in [0, 0.05) is 18.7 Å². The van der Waals surface area contributed by atoms with E-state index >= 15 is 0 Å². The highest BCUT2D eigenvalue weighted by molar-refractivity contribution is 7.93. The van der Waals surface area contributed by atoms with Gasteiger partial charge in [-0.05, 0) is 61.7 Å². The molecular weight excluding hydrogens is 402 g/mol. The molecule has 0 spiro atoms. The van der Waals surface area contributed by atoms with Crippen molar-refractivity contribution in [3.8, 4) is 0 Å². The first-order chi connectivity index (χ1) is 12.9. The van der Waals surface area contributed by atoms with E-state index in [0.29, 0.717) is 28.9 Å². The molecule has 0 radical (unpaired) electrons. The lowest BCUT2D eigenvalue weighted by Crippen LogP contribution is -2.36. The van der Waals surface area contributed by atoms with Crippen molar-refractivity contribution in [1.29, 1.82) is 0 Å². The Hall–Kier alpha value is -2.43. The molecule has 1 aliphatic heterocycles. The third-order valence-corrected chi connectivity index (χ3v) is 7.56. The zero-order chi connectivity index (χ0) is 20.9. The van der Waals surface area contributed by atoms with Gasteiger partial charge in [-0.25, -0.2) is 22.0 Å². The first-order valence-corrected chi connectivity index (χ1v) is 11.5. The second kappa shape index (κ2) is 6.87. The number of anilines is 2. The molecule has 1 heterocycles. The fourth-order valence-corrected chi connectivity index (χ4v) is 5.90. The van der Waals surface area contributed by atoms with Crippen LogP contribution in [0.4, 0.5) is 11.4 Å². The maximum atomic E-state index is 13.4. The average molecular weight is 424 g/mol. The van der Waals surface area contributed by atoms with Crippen LogP contribution >= 0.6 is 0 Å². The van der Waals surface area contributed by atoms with Crippen LogP contribution in [0, 0.1) is 6.92 Å². The van der Waals surface area contributed by atoms with Crippen molar-refractivity contribution >= 4 is 37.3 Å². The van der Waals surface area contributed by atoms with Crippen molar-refractivity contribution in [2.45, 2.75) is 43.0 Å². The summed E-state index contributed by atoms with van der Waals surface area (Å²) < 4.78 is 51.3. The molecular formula is C18H21N3O5S2. The number of hydrogen-bond donors (Lipinski definition) is 2. The first kappa shape index (κ1) is 20.3. The quantitative estimate of drug-likeness (QED) is 0.774. The molecule has 2 aromatic rings. The van der Waals surface area contributed by atoms with Crippen molar-refractivity contribution in [2.24, 2.45) is 5.14 Å². The van der Waals surface area contributed by atoms with Crippen LogP contribution < -0.4 is 14.8 Å². The van der Waals surface area contributed by atoms with Crippen LogP contribution in [0.3, 0.4) is 0 Å². The monoisotopic (exact) mass is 423 g/mol. The Labute approximate surface area is 164 Å². The van der Waals surface area contributed by atoms with Gasteiger partial charge in [-0.15, -0.1) is 0 Å². The van der Waals surface area contributed by atoms with E-state index in [4.69, 9.17) is 5.14 Å². The van der Waals surface area contributed by atoms with Crippen molar-refractivity contribution in [2.75, 3.05) is 9.62 Å². The number of fused-ring (bicyclic) bond motifs is 1. The number of rotatable bonds is 4. The number of benzene rings is 2. The Morgan fingerprint density at radius 2 is 1.82 bits per heavy atom. The first-order valence-electron chi connectivity index (χ1n) is 8.49. The van der Waals surface area contributed by atoms with Crippen LogP contribution in [0.25, 0.3) is 0 Å². The van der Waals surface area contributed by atoms with Crippen LogP contribution in [0.15, 0.2) is 46.2 Å². The van der Waals surface area contributed by atoms with Crippen LogP contribution in [0.5, 0.6) is 0 Å².